The number of phenols is 1. The van der Waals surface area contributed by atoms with E-state index < -0.39 is 0 Å². The standard InChI is InChI=1S/C29H32N4O3/c1-22-16-24(18-26(34)17-22)20-32-12-14-33(15-13-32)27(19-30)28(36-21-23-8-4-2-5-9-23)29(35)31-25-10-6-3-7-11-25/h2-11,16-19,30,34H,12-15,20-21H2,1H3,(H,31,35)/p+1/b28-27-,30-19?. The molecule has 1 heterocycles. The van der Waals surface area contributed by atoms with E-state index >= 15 is 0 Å². The molecule has 0 atom stereocenters. The molecule has 186 valence electrons. The summed E-state index contributed by atoms with van der Waals surface area (Å²) in [5, 5.41) is 18.9. The first-order valence-corrected chi connectivity index (χ1v) is 12.1. The first kappa shape index (κ1) is 25.0. The van der Waals surface area contributed by atoms with Gasteiger partial charge in [0, 0.05) is 38.4 Å². The van der Waals surface area contributed by atoms with Crippen LogP contribution in [0.5, 0.6) is 5.75 Å². The van der Waals surface area contributed by atoms with E-state index in [1.807, 2.05) is 73.7 Å². The highest BCUT2D eigenvalue weighted by atomic mass is 16.5. The van der Waals surface area contributed by atoms with Crippen LogP contribution in [0.1, 0.15) is 16.7 Å². The number of amides is 1. The van der Waals surface area contributed by atoms with E-state index in [0.29, 0.717) is 24.5 Å². The molecule has 4 N–H and O–H groups in total. The summed E-state index contributed by atoms with van der Waals surface area (Å²) in [6.45, 7) is 5.95. The molecule has 0 saturated carbocycles. The second-order valence-corrected chi connectivity index (χ2v) is 8.92. The summed E-state index contributed by atoms with van der Waals surface area (Å²) < 4.78 is 6.09. The number of nitrogens with two attached hydrogens (primary N) is 1. The number of rotatable bonds is 9. The molecule has 36 heavy (non-hydrogen) atoms. The predicted molar refractivity (Wildman–Crippen MR) is 141 cm³/mol. The maximum atomic E-state index is 13.3. The third-order valence-electron chi connectivity index (χ3n) is 6.10. The fourth-order valence-electron chi connectivity index (χ4n) is 4.36. The van der Waals surface area contributed by atoms with Gasteiger partial charge in [0.1, 0.15) is 18.1 Å². The second-order valence-electron chi connectivity index (χ2n) is 8.92. The van der Waals surface area contributed by atoms with Gasteiger partial charge in [-0.05, 0) is 47.9 Å². The number of carbonyl (C=O) groups excluding carboxylic acids is 1. The topological polar surface area (TPSA) is 90.6 Å². The van der Waals surface area contributed by atoms with Gasteiger partial charge in [0.15, 0.2) is 6.21 Å². The highest BCUT2D eigenvalue weighted by molar-refractivity contribution is 6.05. The zero-order chi connectivity index (χ0) is 25.3. The van der Waals surface area contributed by atoms with Crippen LogP contribution < -0.4 is 10.7 Å². The summed E-state index contributed by atoms with van der Waals surface area (Å²) in [7, 11) is 0. The molecule has 1 aliphatic heterocycles. The van der Waals surface area contributed by atoms with Gasteiger partial charge in [-0.25, -0.2) is 0 Å². The lowest BCUT2D eigenvalue weighted by Gasteiger charge is -2.36. The Balaban J connectivity index is 1.50. The average molecular weight is 486 g/mol. The molecule has 7 heteroatoms. The number of aryl methyl sites for hydroxylation is 1. The van der Waals surface area contributed by atoms with Crippen molar-refractivity contribution >= 4 is 17.8 Å². The number of hydrogen-bond donors (Lipinski definition) is 3. The summed E-state index contributed by atoms with van der Waals surface area (Å²) in [5.41, 5.74) is 4.34. The molecule has 0 bridgehead atoms. The first-order chi connectivity index (χ1) is 17.5. The number of carbonyl (C=O) groups is 1. The number of allylic oxidation sites excluding steroid dienone is 1. The fraction of sp³-hybridized carbons (Fsp3) is 0.241. The van der Waals surface area contributed by atoms with E-state index in [2.05, 4.69) is 21.2 Å². The van der Waals surface area contributed by atoms with Crippen molar-refractivity contribution in [3.05, 3.63) is 107 Å². The molecule has 0 aromatic heterocycles. The van der Waals surface area contributed by atoms with Gasteiger partial charge in [0.05, 0.1) is 0 Å². The van der Waals surface area contributed by atoms with Crippen LogP contribution in [-0.4, -0.2) is 53.2 Å². The maximum absolute atomic E-state index is 13.3. The summed E-state index contributed by atoms with van der Waals surface area (Å²) in [6.07, 6.45) is 1.46. The molecule has 0 radical (unpaired) electrons. The van der Waals surface area contributed by atoms with Gasteiger partial charge >= 0.3 is 0 Å². The Hall–Kier alpha value is -4.10. The van der Waals surface area contributed by atoms with Gasteiger partial charge in [0.25, 0.3) is 5.91 Å². The average Bonchev–Trinajstić information content (AvgIpc) is 2.88. The minimum Gasteiger partial charge on any atom is -0.508 e. The molecule has 1 saturated heterocycles. The van der Waals surface area contributed by atoms with Crippen molar-refractivity contribution in [2.75, 3.05) is 31.5 Å². The van der Waals surface area contributed by atoms with Crippen molar-refractivity contribution in [3.63, 3.8) is 0 Å². The van der Waals surface area contributed by atoms with Crippen molar-refractivity contribution in [3.8, 4) is 5.75 Å². The minimum atomic E-state index is -0.341. The second kappa shape index (κ2) is 12.0. The van der Waals surface area contributed by atoms with Gasteiger partial charge in [-0.3, -0.25) is 15.1 Å². The number of ether oxygens (including phenoxy) is 1. The first-order valence-electron chi connectivity index (χ1n) is 12.1. The SMILES string of the molecule is Cc1cc(O)cc(CN2CCN(/C(C=[NH2+])=C(\OCc3ccccc3)C(=O)Nc3ccccc3)CC2)c1. The molecule has 4 rings (SSSR count). The van der Waals surface area contributed by atoms with Crippen LogP contribution in [0.4, 0.5) is 5.69 Å². The van der Waals surface area contributed by atoms with Crippen LogP contribution in [0.3, 0.4) is 0 Å². The Morgan fingerprint density at radius 1 is 0.972 bits per heavy atom. The van der Waals surface area contributed by atoms with Crippen molar-refractivity contribution in [2.45, 2.75) is 20.1 Å². The number of hydrogen-bond acceptors (Lipinski definition) is 5. The van der Waals surface area contributed by atoms with E-state index in [0.717, 1.165) is 36.3 Å². The Bertz CT molecular complexity index is 1180. The van der Waals surface area contributed by atoms with Gasteiger partial charge < -0.3 is 20.1 Å². The number of benzene rings is 3. The molecule has 0 aliphatic carbocycles. The van der Waals surface area contributed by atoms with Crippen LogP contribution in [0, 0.1) is 6.92 Å². The number of aromatic hydroxyl groups is 1. The number of phenolic OH excluding ortho intramolecular Hbond substituents is 1. The lowest BCUT2D eigenvalue weighted by atomic mass is 10.1. The summed E-state index contributed by atoms with van der Waals surface area (Å²) >= 11 is 0. The van der Waals surface area contributed by atoms with Gasteiger partial charge in [-0.1, -0.05) is 54.6 Å². The lowest BCUT2D eigenvalue weighted by molar-refractivity contribution is -0.117. The monoisotopic (exact) mass is 485 g/mol. The molecule has 3 aromatic carbocycles. The minimum absolute atomic E-state index is 0.197. The van der Waals surface area contributed by atoms with Crippen molar-refractivity contribution in [1.82, 2.24) is 9.80 Å². The van der Waals surface area contributed by atoms with Crippen LogP contribution in [0.25, 0.3) is 0 Å². The largest absolute Gasteiger partial charge is 0.508 e. The Labute approximate surface area is 212 Å². The van der Waals surface area contributed by atoms with Crippen LogP contribution >= 0.6 is 0 Å². The van der Waals surface area contributed by atoms with Crippen molar-refractivity contribution in [1.29, 1.82) is 0 Å². The molecule has 7 nitrogen and oxygen atoms in total. The van der Waals surface area contributed by atoms with Gasteiger partial charge in [0.2, 0.25) is 5.76 Å². The van der Waals surface area contributed by atoms with E-state index in [4.69, 9.17) is 10.1 Å². The van der Waals surface area contributed by atoms with Crippen molar-refractivity contribution in [2.24, 2.45) is 0 Å². The molecule has 0 unspecified atom stereocenters. The van der Waals surface area contributed by atoms with E-state index in [-0.39, 0.29) is 24.0 Å². The normalized spacial score (nSPS) is 14.6. The van der Waals surface area contributed by atoms with E-state index in [1.54, 1.807) is 6.07 Å². The Morgan fingerprint density at radius 3 is 2.28 bits per heavy atom. The molecule has 1 amide bonds. The quantitative estimate of drug-likeness (QED) is 0.246. The number of anilines is 1. The third-order valence-corrected chi connectivity index (χ3v) is 6.10. The molecule has 1 fully saturated rings. The molecule has 1 aliphatic rings. The summed E-state index contributed by atoms with van der Waals surface area (Å²) in [6, 6.07) is 24.7. The van der Waals surface area contributed by atoms with Crippen LogP contribution in [0.15, 0.2) is 90.3 Å². The predicted octanol–water partition coefficient (Wildman–Crippen LogP) is 2.72. The van der Waals surface area contributed by atoms with Crippen LogP contribution in [-0.2, 0) is 22.7 Å². The third kappa shape index (κ3) is 6.73. The summed E-state index contributed by atoms with van der Waals surface area (Å²) in [4.78, 5) is 17.7. The molecular formula is C29H33N4O3+. The van der Waals surface area contributed by atoms with Crippen molar-refractivity contribution < 1.29 is 20.0 Å². The Kier molecular flexibility index (Phi) is 8.36. The van der Waals surface area contributed by atoms with Gasteiger partial charge in [-0.2, -0.15) is 0 Å². The lowest BCUT2D eigenvalue weighted by Crippen LogP contribution is -2.48. The highest BCUT2D eigenvalue weighted by Crippen LogP contribution is 2.20. The van der Waals surface area contributed by atoms with E-state index in [9.17, 15) is 9.90 Å². The fourth-order valence-corrected chi connectivity index (χ4v) is 4.36. The van der Waals surface area contributed by atoms with Gasteiger partial charge in [-0.15, -0.1) is 0 Å². The molecule has 0 spiro atoms. The molecular weight excluding hydrogens is 452 g/mol. The molecule has 3 aromatic rings. The zero-order valence-electron chi connectivity index (χ0n) is 20.6. The van der Waals surface area contributed by atoms with Crippen LogP contribution in [0.2, 0.25) is 0 Å². The zero-order valence-corrected chi connectivity index (χ0v) is 20.6. The number of para-hydroxylation sites is 1. The Morgan fingerprint density at radius 2 is 1.64 bits per heavy atom. The smallest absolute Gasteiger partial charge is 0.293 e. The number of nitrogens with one attached hydrogen (secondary N) is 1. The maximum Gasteiger partial charge on any atom is 0.293 e. The summed E-state index contributed by atoms with van der Waals surface area (Å²) in [5.74, 6) is 0.144. The van der Waals surface area contributed by atoms with E-state index in [1.165, 1.54) is 6.21 Å². The number of piperazine rings is 1. The highest BCUT2D eigenvalue weighted by Gasteiger charge is 2.26. The number of nitrogens with zero attached hydrogens (tertiary/aromatic N) is 2.